The van der Waals surface area contributed by atoms with Crippen molar-refractivity contribution in [1.82, 2.24) is 15.1 Å². The summed E-state index contributed by atoms with van der Waals surface area (Å²) in [5, 5.41) is 7.97. The van der Waals surface area contributed by atoms with Crippen molar-refractivity contribution < 1.29 is 9.00 Å². The predicted octanol–water partition coefficient (Wildman–Crippen LogP) is 3.07. The Bertz CT molecular complexity index is 733. The van der Waals surface area contributed by atoms with Gasteiger partial charge in [0, 0.05) is 40.1 Å². The summed E-state index contributed by atoms with van der Waals surface area (Å²) in [5.41, 5.74) is 1.08. The summed E-state index contributed by atoms with van der Waals surface area (Å²) in [6.07, 6.45) is 5.39. The van der Waals surface area contributed by atoms with Gasteiger partial charge in [-0.15, -0.1) is 0 Å². The van der Waals surface area contributed by atoms with Crippen LogP contribution >= 0.6 is 23.2 Å². The lowest BCUT2D eigenvalue weighted by Crippen LogP contribution is -2.27. The Morgan fingerprint density at radius 3 is 2.83 bits per heavy atom. The van der Waals surface area contributed by atoms with Crippen molar-refractivity contribution in [3.63, 3.8) is 0 Å². The SMILES string of the molecule is C[C@H](CCNC(=O)c1cnn(-c2ccc(Cl)cc2Cl)c1)[S@@](C)=O. The summed E-state index contributed by atoms with van der Waals surface area (Å²) in [7, 11) is -0.888. The molecule has 2 rings (SSSR count). The third-order valence-electron chi connectivity index (χ3n) is 3.40. The number of benzene rings is 1. The summed E-state index contributed by atoms with van der Waals surface area (Å²) < 4.78 is 12.8. The van der Waals surface area contributed by atoms with Crippen molar-refractivity contribution in [1.29, 1.82) is 0 Å². The highest BCUT2D eigenvalue weighted by Crippen LogP contribution is 2.24. The minimum absolute atomic E-state index is 0.0471. The van der Waals surface area contributed by atoms with Gasteiger partial charge in [-0.25, -0.2) is 4.68 Å². The van der Waals surface area contributed by atoms with Crippen LogP contribution in [-0.4, -0.2) is 37.9 Å². The molecule has 0 saturated carbocycles. The molecule has 0 aliphatic carbocycles. The van der Waals surface area contributed by atoms with Gasteiger partial charge >= 0.3 is 0 Å². The molecule has 124 valence electrons. The topological polar surface area (TPSA) is 64.0 Å². The van der Waals surface area contributed by atoms with Crippen LogP contribution in [0.1, 0.15) is 23.7 Å². The first-order valence-electron chi connectivity index (χ1n) is 6.99. The van der Waals surface area contributed by atoms with E-state index in [0.717, 1.165) is 0 Å². The fourth-order valence-corrected chi connectivity index (χ4v) is 2.84. The number of amides is 1. The third-order valence-corrected chi connectivity index (χ3v) is 5.31. The number of carbonyl (C=O) groups is 1. The first-order chi connectivity index (χ1) is 10.9. The van der Waals surface area contributed by atoms with E-state index in [1.54, 1.807) is 30.7 Å². The molecule has 1 aromatic carbocycles. The zero-order valence-electron chi connectivity index (χ0n) is 12.8. The molecular weight excluding hydrogens is 357 g/mol. The monoisotopic (exact) mass is 373 g/mol. The maximum atomic E-state index is 12.1. The van der Waals surface area contributed by atoms with E-state index in [0.29, 0.717) is 34.3 Å². The average Bonchev–Trinajstić information content (AvgIpc) is 2.96. The van der Waals surface area contributed by atoms with Crippen LogP contribution in [-0.2, 0) is 10.8 Å². The Labute approximate surface area is 147 Å². The lowest BCUT2D eigenvalue weighted by atomic mass is 10.3. The van der Waals surface area contributed by atoms with E-state index in [9.17, 15) is 9.00 Å². The molecule has 23 heavy (non-hydrogen) atoms. The largest absolute Gasteiger partial charge is 0.352 e. The van der Waals surface area contributed by atoms with Crippen molar-refractivity contribution in [3.05, 3.63) is 46.2 Å². The van der Waals surface area contributed by atoms with Crippen molar-refractivity contribution >= 4 is 39.9 Å². The predicted molar refractivity (Wildman–Crippen MR) is 94.1 cm³/mol. The quantitative estimate of drug-likeness (QED) is 0.845. The lowest BCUT2D eigenvalue weighted by Gasteiger charge is -2.08. The molecule has 2 atom stereocenters. The summed E-state index contributed by atoms with van der Waals surface area (Å²) in [5.74, 6) is -0.226. The molecule has 0 unspecified atom stereocenters. The molecule has 1 aromatic heterocycles. The van der Waals surface area contributed by atoms with Crippen LogP contribution in [0.5, 0.6) is 0 Å². The number of nitrogens with one attached hydrogen (secondary N) is 1. The van der Waals surface area contributed by atoms with E-state index in [1.807, 2.05) is 6.92 Å². The van der Waals surface area contributed by atoms with E-state index in [1.165, 1.54) is 10.9 Å². The van der Waals surface area contributed by atoms with Crippen LogP contribution in [0.2, 0.25) is 10.0 Å². The summed E-state index contributed by atoms with van der Waals surface area (Å²) in [6, 6.07) is 5.06. The molecular formula is C15H17Cl2N3O2S. The highest BCUT2D eigenvalue weighted by Gasteiger charge is 2.12. The molecule has 2 aromatic rings. The van der Waals surface area contributed by atoms with Gasteiger partial charge in [0.2, 0.25) is 0 Å². The number of halogens is 2. The van der Waals surface area contributed by atoms with Gasteiger partial charge in [0.15, 0.2) is 0 Å². The van der Waals surface area contributed by atoms with Crippen molar-refractivity contribution in [3.8, 4) is 5.69 Å². The van der Waals surface area contributed by atoms with Gasteiger partial charge in [-0.3, -0.25) is 9.00 Å². The Morgan fingerprint density at radius 1 is 1.43 bits per heavy atom. The zero-order chi connectivity index (χ0) is 17.0. The molecule has 0 aliphatic heterocycles. The summed E-state index contributed by atoms with van der Waals surface area (Å²) in [6.45, 7) is 2.36. The van der Waals surface area contributed by atoms with Gasteiger partial charge in [0.25, 0.3) is 5.91 Å². The second-order valence-electron chi connectivity index (χ2n) is 5.12. The van der Waals surface area contributed by atoms with Crippen LogP contribution < -0.4 is 5.32 Å². The molecule has 0 radical (unpaired) electrons. The number of rotatable bonds is 6. The standard InChI is InChI=1S/C15H17Cl2N3O2S/c1-10(23(2)22)5-6-18-15(21)11-8-19-20(9-11)14-4-3-12(16)7-13(14)17/h3-4,7-10H,5-6H2,1-2H3,(H,18,21)/t10-,23-/m1/s1. The third kappa shape index (κ3) is 4.80. The number of hydrogen-bond acceptors (Lipinski definition) is 3. The van der Waals surface area contributed by atoms with Crippen molar-refractivity contribution in [2.24, 2.45) is 0 Å². The summed E-state index contributed by atoms with van der Waals surface area (Å²) >= 11 is 12.0. The molecule has 1 amide bonds. The van der Waals surface area contributed by atoms with E-state index in [2.05, 4.69) is 10.4 Å². The minimum Gasteiger partial charge on any atom is -0.352 e. The highest BCUT2D eigenvalue weighted by molar-refractivity contribution is 7.84. The smallest absolute Gasteiger partial charge is 0.254 e. The first-order valence-corrected chi connectivity index (χ1v) is 9.36. The maximum Gasteiger partial charge on any atom is 0.254 e. The molecule has 1 heterocycles. The van der Waals surface area contributed by atoms with Crippen LogP contribution in [0.4, 0.5) is 0 Å². The molecule has 1 N–H and O–H groups in total. The van der Waals surface area contributed by atoms with Gasteiger partial charge in [0.1, 0.15) is 0 Å². The second kappa shape index (κ2) is 7.95. The fraction of sp³-hybridized carbons (Fsp3) is 0.333. The number of hydrogen-bond donors (Lipinski definition) is 1. The Hall–Kier alpha value is -1.37. The molecule has 0 saturated heterocycles. The molecule has 5 nitrogen and oxygen atoms in total. The van der Waals surface area contributed by atoms with Crippen LogP contribution in [0.3, 0.4) is 0 Å². The Morgan fingerprint density at radius 2 is 2.17 bits per heavy atom. The highest BCUT2D eigenvalue weighted by atomic mass is 35.5. The number of carbonyl (C=O) groups excluding carboxylic acids is 1. The van der Waals surface area contributed by atoms with Crippen LogP contribution in [0, 0.1) is 0 Å². The van der Waals surface area contributed by atoms with E-state index in [-0.39, 0.29) is 11.2 Å². The minimum atomic E-state index is -0.888. The van der Waals surface area contributed by atoms with Crippen LogP contribution in [0.25, 0.3) is 5.69 Å². The van der Waals surface area contributed by atoms with Gasteiger partial charge < -0.3 is 5.32 Å². The van der Waals surface area contributed by atoms with Crippen LogP contribution in [0.15, 0.2) is 30.6 Å². The van der Waals surface area contributed by atoms with Crippen molar-refractivity contribution in [2.45, 2.75) is 18.6 Å². The Balaban J connectivity index is 2.01. The second-order valence-corrected chi connectivity index (χ2v) is 7.77. The number of aromatic nitrogens is 2. The number of nitrogens with zero attached hydrogens (tertiary/aromatic N) is 2. The van der Waals surface area contributed by atoms with E-state index >= 15 is 0 Å². The normalized spacial score (nSPS) is 13.6. The lowest BCUT2D eigenvalue weighted by molar-refractivity contribution is 0.0953. The van der Waals surface area contributed by atoms with E-state index in [4.69, 9.17) is 23.2 Å². The van der Waals surface area contributed by atoms with E-state index < -0.39 is 10.8 Å². The molecule has 0 bridgehead atoms. The van der Waals surface area contributed by atoms with Gasteiger partial charge in [-0.1, -0.05) is 30.1 Å². The van der Waals surface area contributed by atoms with Gasteiger partial charge in [-0.05, 0) is 24.6 Å². The first kappa shape index (κ1) is 18.0. The van der Waals surface area contributed by atoms with Gasteiger partial charge in [-0.2, -0.15) is 5.10 Å². The molecule has 0 fully saturated rings. The fourth-order valence-electron chi connectivity index (χ4n) is 1.90. The zero-order valence-corrected chi connectivity index (χ0v) is 15.1. The Kier molecular flexibility index (Phi) is 6.21. The van der Waals surface area contributed by atoms with Crippen molar-refractivity contribution in [2.75, 3.05) is 12.8 Å². The maximum absolute atomic E-state index is 12.1. The molecule has 0 spiro atoms. The molecule has 8 heteroatoms. The summed E-state index contributed by atoms with van der Waals surface area (Å²) in [4.78, 5) is 12.1. The van der Waals surface area contributed by atoms with Gasteiger partial charge in [0.05, 0.1) is 22.5 Å². The average molecular weight is 374 g/mol. The molecule has 0 aliphatic rings.